The molecule has 0 radical (unpaired) electrons. The summed E-state index contributed by atoms with van der Waals surface area (Å²) in [4.78, 5) is 32.3. The molecular weight excluding hydrogens is 339 g/mol. The summed E-state index contributed by atoms with van der Waals surface area (Å²) in [5, 5.41) is 3.21. The van der Waals surface area contributed by atoms with Crippen molar-refractivity contribution in [3.8, 4) is 0 Å². The Morgan fingerprint density at radius 3 is 2.62 bits per heavy atom. The van der Waals surface area contributed by atoms with Crippen LogP contribution < -0.4 is 5.32 Å². The van der Waals surface area contributed by atoms with E-state index < -0.39 is 5.54 Å². The molecule has 0 spiro atoms. The molecule has 0 aliphatic carbocycles. The van der Waals surface area contributed by atoms with Crippen LogP contribution in [0.4, 0.5) is 10.1 Å². The number of oxazole rings is 1. The number of likely N-dealkylation sites (N-methyl/N-ethyl adjacent to an activating group) is 1. The molecule has 0 saturated carbocycles. The predicted octanol–water partition coefficient (Wildman–Crippen LogP) is 1.99. The molecule has 2 aromatic rings. The van der Waals surface area contributed by atoms with E-state index in [0.717, 1.165) is 0 Å². The average molecular weight is 360 g/mol. The number of anilines is 1. The van der Waals surface area contributed by atoms with Crippen molar-refractivity contribution in [2.24, 2.45) is 0 Å². The number of piperidine rings is 1. The van der Waals surface area contributed by atoms with Gasteiger partial charge in [-0.3, -0.25) is 9.59 Å². The monoisotopic (exact) mass is 360 g/mol. The minimum atomic E-state index is -0.891. The van der Waals surface area contributed by atoms with Crippen molar-refractivity contribution in [3.63, 3.8) is 0 Å². The van der Waals surface area contributed by atoms with Crippen LogP contribution >= 0.6 is 0 Å². The molecule has 0 unspecified atom stereocenters. The Balaban J connectivity index is 1.78. The largest absolute Gasteiger partial charge is 0.451 e. The van der Waals surface area contributed by atoms with Gasteiger partial charge in [-0.15, -0.1) is 0 Å². The lowest BCUT2D eigenvalue weighted by Crippen LogP contribution is -2.58. The summed E-state index contributed by atoms with van der Waals surface area (Å²) in [7, 11) is 3.37. The Kier molecular flexibility index (Phi) is 4.92. The van der Waals surface area contributed by atoms with Crippen molar-refractivity contribution in [2.75, 3.05) is 32.5 Å². The van der Waals surface area contributed by atoms with Crippen LogP contribution in [0.1, 0.15) is 23.3 Å². The molecular formula is C18H21FN4O3. The fourth-order valence-corrected chi connectivity index (χ4v) is 3.23. The number of aromatic nitrogens is 1. The van der Waals surface area contributed by atoms with Gasteiger partial charge in [0.15, 0.2) is 12.1 Å². The Morgan fingerprint density at radius 1 is 1.31 bits per heavy atom. The van der Waals surface area contributed by atoms with Crippen LogP contribution in [-0.4, -0.2) is 59.3 Å². The van der Waals surface area contributed by atoms with Gasteiger partial charge in [-0.2, -0.15) is 0 Å². The summed E-state index contributed by atoms with van der Waals surface area (Å²) >= 11 is 0. The van der Waals surface area contributed by atoms with Crippen LogP contribution in [0, 0.1) is 5.82 Å². The molecule has 1 aliphatic rings. The summed E-state index contributed by atoms with van der Waals surface area (Å²) < 4.78 is 18.4. The first kappa shape index (κ1) is 17.9. The van der Waals surface area contributed by atoms with E-state index in [9.17, 15) is 14.0 Å². The highest BCUT2D eigenvalue weighted by Gasteiger charge is 2.43. The predicted molar refractivity (Wildman–Crippen MR) is 93.1 cm³/mol. The van der Waals surface area contributed by atoms with Gasteiger partial charge >= 0.3 is 0 Å². The quantitative estimate of drug-likeness (QED) is 0.902. The van der Waals surface area contributed by atoms with E-state index >= 15 is 0 Å². The topological polar surface area (TPSA) is 78.7 Å². The maximum Gasteiger partial charge on any atom is 0.275 e. The van der Waals surface area contributed by atoms with E-state index in [1.165, 1.54) is 29.7 Å². The summed E-state index contributed by atoms with van der Waals surface area (Å²) in [5.41, 5.74) is -0.108. The molecule has 1 N–H and O–H groups in total. The normalized spacial score (nSPS) is 16.2. The number of rotatable bonds is 4. The molecule has 1 aliphatic heterocycles. The molecule has 26 heavy (non-hydrogen) atoms. The van der Waals surface area contributed by atoms with Gasteiger partial charge in [0.05, 0.1) is 0 Å². The first-order valence-corrected chi connectivity index (χ1v) is 8.34. The van der Waals surface area contributed by atoms with Gasteiger partial charge in [0.1, 0.15) is 17.6 Å². The second kappa shape index (κ2) is 7.15. The summed E-state index contributed by atoms with van der Waals surface area (Å²) in [6, 6.07) is 6.03. The lowest BCUT2D eigenvalue weighted by molar-refractivity contribution is -0.135. The second-order valence-corrected chi connectivity index (χ2v) is 6.58. The fraction of sp³-hybridized carbons (Fsp3) is 0.389. The molecule has 2 amide bonds. The van der Waals surface area contributed by atoms with Crippen LogP contribution in [0.25, 0.3) is 0 Å². The molecule has 0 bridgehead atoms. The van der Waals surface area contributed by atoms with Gasteiger partial charge in [-0.1, -0.05) is 6.07 Å². The van der Waals surface area contributed by atoms with Gasteiger partial charge in [-0.05, 0) is 31.0 Å². The zero-order valence-corrected chi connectivity index (χ0v) is 14.7. The number of halogens is 1. The Hall–Kier alpha value is -2.90. The third-order valence-electron chi connectivity index (χ3n) is 4.58. The Morgan fingerprint density at radius 2 is 2.04 bits per heavy atom. The number of carbonyl (C=O) groups is 2. The summed E-state index contributed by atoms with van der Waals surface area (Å²) in [5.74, 6) is -0.702. The Labute approximate surface area is 150 Å². The molecule has 1 fully saturated rings. The lowest BCUT2D eigenvalue weighted by atomic mass is 9.85. The Bertz CT molecular complexity index is 783. The minimum Gasteiger partial charge on any atom is -0.451 e. The van der Waals surface area contributed by atoms with Gasteiger partial charge in [0.2, 0.25) is 5.91 Å². The third-order valence-corrected chi connectivity index (χ3v) is 4.58. The smallest absolute Gasteiger partial charge is 0.275 e. The van der Waals surface area contributed by atoms with Gasteiger partial charge in [-0.25, -0.2) is 9.37 Å². The number of carbonyl (C=O) groups excluding carboxylic acids is 2. The number of nitrogens with zero attached hydrogens (tertiary/aromatic N) is 3. The van der Waals surface area contributed by atoms with E-state index in [1.54, 1.807) is 31.1 Å². The highest BCUT2D eigenvalue weighted by molar-refractivity contribution is 5.93. The van der Waals surface area contributed by atoms with Crippen LogP contribution in [0.2, 0.25) is 0 Å². The average Bonchev–Trinajstić information content (AvgIpc) is 3.15. The summed E-state index contributed by atoms with van der Waals surface area (Å²) in [6.45, 7) is 0.765. The van der Waals surface area contributed by atoms with Crippen LogP contribution in [0.3, 0.4) is 0 Å². The molecule has 3 rings (SSSR count). The van der Waals surface area contributed by atoms with Gasteiger partial charge < -0.3 is 19.5 Å². The van der Waals surface area contributed by atoms with Crippen molar-refractivity contribution in [1.82, 2.24) is 14.8 Å². The number of likely N-dealkylation sites (tertiary alicyclic amines) is 1. The maximum atomic E-state index is 13.5. The molecule has 1 aromatic carbocycles. The van der Waals surface area contributed by atoms with E-state index in [4.69, 9.17) is 4.42 Å². The van der Waals surface area contributed by atoms with Crippen molar-refractivity contribution in [1.29, 1.82) is 0 Å². The number of nitrogens with one attached hydrogen (secondary N) is 1. The molecule has 2 heterocycles. The van der Waals surface area contributed by atoms with Gasteiger partial charge in [0, 0.05) is 32.9 Å². The summed E-state index contributed by atoms with van der Waals surface area (Å²) in [6.07, 6.45) is 3.33. The van der Waals surface area contributed by atoms with Crippen LogP contribution in [0.15, 0.2) is 41.3 Å². The number of amides is 2. The molecule has 138 valence electrons. The maximum absolute atomic E-state index is 13.5. The highest BCUT2D eigenvalue weighted by Crippen LogP contribution is 2.29. The van der Waals surface area contributed by atoms with Crippen LogP contribution in [-0.2, 0) is 4.79 Å². The first-order chi connectivity index (χ1) is 12.4. The standard InChI is InChI=1S/C18H21FN4O3/c1-22(2)17(25)18(21-14-5-3-4-13(19)10-14)6-8-23(9-7-18)16(24)15-11-26-12-20-15/h3-5,10-12,21H,6-9H2,1-2H3. The molecule has 1 saturated heterocycles. The molecule has 0 atom stereocenters. The van der Waals surface area contributed by atoms with E-state index in [-0.39, 0.29) is 23.3 Å². The number of hydrogen-bond acceptors (Lipinski definition) is 5. The first-order valence-electron chi connectivity index (χ1n) is 8.34. The van der Waals surface area contributed by atoms with E-state index in [1.807, 2.05) is 0 Å². The zero-order valence-electron chi connectivity index (χ0n) is 14.7. The SMILES string of the molecule is CN(C)C(=O)C1(Nc2cccc(F)c2)CCN(C(=O)c2cocn2)CC1. The van der Waals surface area contributed by atoms with E-state index in [0.29, 0.717) is 31.6 Å². The molecule has 7 nitrogen and oxygen atoms in total. The molecule has 1 aromatic heterocycles. The van der Waals surface area contributed by atoms with Crippen molar-refractivity contribution in [2.45, 2.75) is 18.4 Å². The third kappa shape index (κ3) is 3.54. The van der Waals surface area contributed by atoms with Crippen molar-refractivity contribution in [3.05, 3.63) is 48.4 Å². The number of benzene rings is 1. The zero-order chi connectivity index (χ0) is 18.7. The number of hydrogen-bond donors (Lipinski definition) is 1. The molecule has 8 heteroatoms. The minimum absolute atomic E-state index is 0.102. The second-order valence-electron chi connectivity index (χ2n) is 6.58. The van der Waals surface area contributed by atoms with Crippen molar-refractivity contribution >= 4 is 17.5 Å². The van der Waals surface area contributed by atoms with Crippen LogP contribution in [0.5, 0.6) is 0 Å². The van der Waals surface area contributed by atoms with Crippen molar-refractivity contribution < 1.29 is 18.4 Å². The fourth-order valence-electron chi connectivity index (χ4n) is 3.23. The lowest BCUT2D eigenvalue weighted by Gasteiger charge is -2.42. The van der Waals surface area contributed by atoms with E-state index in [2.05, 4.69) is 10.3 Å². The van der Waals surface area contributed by atoms with Gasteiger partial charge in [0.25, 0.3) is 5.91 Å². The highest BCUT2D eigenvalue weighted by atomic mass is 19.1.